The molecule has 1 saturated heterocycles. The summed E-state index contributed by atoms with van der Waals surface area (Å²) in [5, 5.41) is 3.08. The first-order valence-electron chi connectivity index (χ1n) is 8.35. The van der Waals surface area contributed by atoms with Gasteiger partial charge in [-0.1, -0.05) is 19.3 Å². The van der Waals surface area contributed by atoms with Gasteiger partial charge >= 0.3 is 0 Å². The van der Waals surface area contributed by atoms with Crippen LogP contribution < -0.4 is 10.0 Å². The average Bonchev–Trinajstić information content (AvgIpc) is 2.90. The molecule has 8 nitrogen and oxygen atoms in total. The van der Waals surface area contributed by atoms with Crippen molar-refractivity contribution in [2.45, 2.75) is 53.9 Å². The van der Waals surface area contributed by atoms with Crippen molar-refractivity contribution in [3.8, 4) is 0 Å². The molecule has 0 radical (unpaired) electrons. The van der Waals surface area contributed by atoms with Crippen LogP contribution in [0.4, 0.5) is 5.69 Å². The second-order valence-corrected chi connectivity index (χ2v) is 10.6. The Bertz CT molecular complexity index is 931. The van der Waals surface area contributed by atoms with E-state index < -0.39 is 42.2 Å². The summed E-state index contributed by atoms with van der Waals surface area (Å²) in [6, 6.07) is 4.89. The van der Waals surface area contributed by atoms with Gasteiger partial charge in [0.05, 0.1) is 22.3 Å². The maximum Gasteiger partial charge on any atom is 0.252 e. The zero-order chi connectivity index (χ0) is 19.1. The van der Waals surface area contributed by atoms with E-state index >= 15 is 0 Å². The van der Waals surface area contributed by atoms with Gasteiger partial charge < -0.3 is 0 Å². The third-order valence-electron chi connectivity index (χ3n) is 4.94. The molecule has 1 heterocycles. The van der Waals surface area contributed by atoms with E-state index in [-0.39, 0.29) is 17.0 Å². The van der Waals surface area contributed by atoms with Crippen LogP contribution >= 0.6 is 0 Å². The Morgan fingerprint density at radius 3 is 2.04 bits per heavy atom. The highest BCUT2D eigenvalue weighted by atomic mass is 32.2. The molecule has 26 heavy (non-hydrogen) atoms. The molecule has 10 heteroatoms. The predicted octanol–water partition coefficient (Wildman–Crippen LogP) is 0.713. The molecule has 2 fully saturated rings. The van der Waals surface area contributed by atoms with Crippen molar-refractivity contribution in [1.82, 2.24) is 0 Å². The van der Waals surface area contributed by atoms with Crippen molar-refractivity contribution in [3.63, 3.8) is 0 Å². The van der Waals surface area contributed by atoms with Gasteiger partial charge in [0.1, 0.15) is 5.25 Å². The van der Waals surface area contributed by atoms with Crippen molar-refractivity contribution in [2.24, 2.45) is 5.14 Å². The summed E-state index contributed by atoms with van der Waals surface area (Å²) in [6.07, 6.45) is 3.24. The number of anilines is 1. The first-order chi connectivity index (χ1) is 12.1. The van der Waals surface area contributed by atoms with Gasteiger partial charge in [-0.15, -0.1) is 0 Å². The first kappa shape index (κ1) is 19.0. The molecule has 1 aromatic rings. The first-order valence-corrected chi connectivity index (χ1v) is 11.5. The molecule has 0 aromatic heterocycles. The van der Waals surface area contributed by atoms with Gasteiger partial charge in [0, 0.05) is 0 Å². The monoisotopic (exact) mass is 400 g/mol. The number of hydrogen-bond donors (Lipinski definition) is 1. The Labute approximate surface area is 152 Å². The normalized spacial score (nSPS) is 22.8. The summed E-state index contributed by atoms with van der Waals surface area (Å²) in [7, 11) is -7.65. The van der Waals surface area contributed by atoms with E-state index in [9.17, 15) is 26.4 Å². The van der Waals surface area contributed by atoms with Gasteiger partial charge in [-0.25, -0.2) is 26.9 Å². The number of imide groups is 1. The minimum Gasteiger partial charge on any atom is -0.274 e. The molecular weight excluding hydrogens is 380 g/mol. The van der Waals surface area contributed by atoms with Crippen molar-refractivity contribution >= 4 is 37.4 Å². The molecule has 1 aliphatic heterocycles. The number of carbonyl (C=O) groups is 2. The van der Waals surface area contributed by atoms with Crippen LogP contribution in [0.15, 0.2) is 29.2 Å². The number of benzene rings is 1. The van der Waals surface area contributed by atoms with Crippen LogP contribution in [0.3, 0.4) is 0 Å². The van der Waals surface area contributed by atoms with Crippen LogP contribution in [0.2, 0.25) is 0 Å². The summed E-state index contributed by atoms with van der Waals surface area (Å²) in [6.45, 7) is 0. The Hall–Kier alpha value is -1.78. The Balaban J connectivity index is 1.87. The van der Waals surface area contributed by atoms with Gasteiger partial charge in [0.25, 0.3) is 5.91 Å². The van der Waals surface area contributed by atoms with E-state index in [1.54, 1.807) is 0 Å². The van der Waals surface area contributed by atoms with Crippen LogP contribution in [-0.2, 0) is 29.4 Å². The number of nitrogens with two attached hydrogens (primary N) is 1. The van der Waals surface area contributed by atoms with Gasteiger partial charge in [0.15, 0.2) is 9.84 Å². The third-order valence-corrected chi connectivity index (χ3v) is 8.43. The standard InChI is InChI=1S/C16H20N2O6S2/c17-26(23,24)13-8-6-11(7-9-13)18-15(19)10-14(16(18)20)25(21,22)12-4-2-1-3-5-12/h6-9,12,14H,1-5,10H2,(H2,17,23,24). The molecule has 142 valence electrons. The number of rotatable bonds is 4. The molecule has 0 bridgehead atoms. The fraction of sp³-hybridized carbons (Fsp3) is 0.500. The number of hydrogen-bond acceptors (Lipinski definition) is 6. The topological polar surface area (TPSA) is 132 Å². The zero-order valence-electron chi connectivity index (χ0n) is 14.0. The Kier molecular flexibility index (Phi) is 4.93. The lowest BCUT2D eigenvalue weighted by Gasteiger charge is -2.24. The lowest BCUT2D eigenvalue weighted by molar-refractivity contribution is -0.121. The minimum atomic E-state index is -3.90. The molecule has 1 saturated carbocycles. The minimum absolute atomic E-state index is 0.133. The second kappa shape index (κ2) is 6.75. The van der Waals surface area contributed by atoms with E-state index in [0.29, 0.717) is 12.8 Å². The summed E-state index contributed by atoms with van der Waals surface area (Å²) in [5.41, 5.74) is 0.133. The molecule has 2 aliphatic rings. The second-order valence-electron chi connectivity index (χ2n) is 6.65. The Morgan fingerprint density at radius 1 is 0.923 bits per heavy atom. The number of primary sulfonamides is 1. The molecular formula is C16H20N2O6S2. The Morgan fingerprint density at radius 2 is 1.50 bits per heavy atom. The number of amides is 2. The highest BCUT2D eigenvalue weighted by Gasteiger charge is 2.49. The summed E-state index contributed by atoms with van der Waals surface area (Å²) in [5.74, 6) is -1.38. The van der Waals surface area contributed by atoms with E-state index in [4.69, 9.17) is 5.14 Å². The van der Waals surface area contributed by atoms with Crippen molar-refractivity contribution < 1.29 is 26.4 Å². The summed E-state index contributed by atoms with van der Waals surface area (Å²) >= 11 is 0. The molecule has 1 unspecified atom stereocenters. The summed E-state index contributed by atoms with van der Waals surface area (Å²) in [4.78, 5) is 25.6. The maximum absolute atomic E-state index is 12.8. The lowest BCUT2D eigenvalue weighted by atomic mass is 10.0. The molecule has 0 spiro atoms. The largest absolute Gasteiger partial charge is 0.274 e. The van der Waals surface area contributed by atoms with E-state index in [1.807, 2.05) is 0 Å². The number of nitrogens with zero attached hydrogens (tertiary/aromatic N) is 1. The third kappa shape index (κ3) is 3.40. The van der Waals surface area contributed by atoms with Crippen LogP contribution in [0, 0.1) is 0 Å². The van der Waals surface area contributed by atoms with Crippen molar-refractivity contribution in [3.05, 3.63) is 24.3 Å². The van der Waals surface area contributed by atoms with Crippen molar-refractivity contribution in [1.29, 1.82) is 0 Å². The number of carbonyl (C=O) groups excluding carboxylic acids is 2. The van der Waals surface area contributed by atoms with Crippen LogP contribution in [0.25, 0.3) is 0 Å². The molecule has 2 N–H and O–H groups in total. The number of sulfone groups is 1. The van der Waals surface area contributed by atoms with Gasteiger partial charge in [-0.3, -0.25) is 9.59 Å². The fourth-order valence-electron chi connectivity index (χ4n) is 3.54. The van der Waals surface area contributed by atoms with Gasteiger partial charge in [-0.05, 0) is 37.1 Å². The smallest absolute Gasteiger partial charge is 0.252 e. The molecule has 1 aliphatic carbocycles. The van der Waals surface area contributed by atoms with Gasteiger partial charge in [-0.2, -0.15) is 0 Å². The lowest BCUT2D eigenvalue weighted by Crippen LogP contribution is -2.40. The highest BCUT2D eigenvalue weighted by Crippen LogP contribution is 2.33. The highest BCUT2D eigenvalue weighted by molar-refractivity contribution is 7.93. The predicted molar refractivity (Wildman–Crippen MR) is 94.5 cm³/mol. The molecule has 2 amide bonds. The van der Waals surface area contributed by atoms with Crippen LogP contribution in [-0.4, -0.2) is 39.1 Å². The van der Waals surface area contributed by atoms with E-state index in [2.05, 4.69) is 0 Å². The SMILES string of the molecule is NS(=O)(=O)c1ccc(N2C(=O)CC(S(=O)(=O)C3CCCCC3)C2=O)cc1. The van der Waals surface area contributed by atoms with Crippen LogP contribution in [0.1, 0.15) is 38.5 Å². The zero-order valence-corrected chi connectivity index (χ0v) is 15.6. The molecule has 1 aromatic carbocycles. The van der Waals surface area contributed by atoms with E-state index in [0.717, 1.165) is 24.2 Å². The van der Waals surface area contributed by atoms with Crippen molar-refractivity contribution in [2.75, 3.05) is 4.90 Å². The number of sulfonamides is 1. The maximum atomic E-state index is 12.8. The van der Waals surface area contributed by atoms with Gasteiger partial charge in [0.2, 0.25) is 15.9 Å². The average molecular weight is 400 g/mol. The quantitative estimate of drug-likeness (QED) is 0.741. The van der Waals surface area contributed by atoms with E-state index in [1.165, 1.54) is 24.3 Å². The van der Waals surface area contributed by atoms with Crippen LogP contribution in [0.5, 0.6) is 0 Å². The molecule has 1 atom stereocenters. The molecule has 3 rings (SSSR count). The fourth-order valence-corrected chi connectivity index (χ4v) is 6.27. The summed E-state index contributed by atoms with van der Waals surface area (Å²) < 4.78 is 48.2.